The SMILES string of the molecule is CCOCCNC(=O)CCCCCN1C=CC(=CC=Cc2sc3ccccc3[n+]2C)c2ccccc21. The molecule has 1 N–H and O–H groups in total. The molecule has 1 aliphatic heterocycles. The predicted molar refractivity (Wildman–Crippen MR) is 151 cm³/mol. The van der Waals surface area contributed by atoms with Gasteiger partial charge in [0.15, 0.2) is 0 Å². The molecule has 0 saturated carbocycles. The van der Waals surface area contributed by atoms with Crippen LogP contribution in [0.4, 0.5) is 5.69 Å². The van der Waals surface area contributed by atoms with Gasteiger partial charge in [-0.15, -0.1) is 0 Å². The molecule has 36 heavy (non-hydrogen) atoms. The van der Waals surface area contributed by atoms with E-state index >= 15 is 0 Å². The van der Waals surface area contributed by atoms with Crippen LogP contribution >= 0.6 is 11.3 Å². The maximum atomic E-state index is 11.9. The van der Waals surface area contributed by atoms with Gasteiger partial charge in [-0.3, -0.25) is 4.79 Å². The summed E-state index contributed by atoms with van der Waals surface area (Å²) >= 11 is 1.81. The Morgan fingerprint density at radius 3 is 2.81 bits per heavy atom. The Balaban J connectivity index is 1.31. The highest BCUT2D eigenvalue weighted by atomic mass is 32.1. The highest BCUT2D eigenvalue weighted by Gasteiger charge is 2.16. The van der Waals surface area contributed by atoms with E-state index in [4.69, 9.17) is 4.74 Å². The van der Waals surface area contributed by atoms with E-state index in [0.717, 1.165) is 25.8 Å². The minimum atomic E-state index is 0.116. The third-order valence-corrected chi connectivity index (χ3v) is 7.50. The Hall–Kier alpha value is -3.22. The number of aromatic nitrogens is 1. The van der Waals surface area contributed by atoms with Gasteiger partial charge in [-0.2, -0.15) is 4.57 Å². The van der Waals surface area contributed by atoms with Gasteiger partial charge < -0.3 is 15.0 Å². The molecule has 0 spiro atoms. The van der Waals surface area contributed by atoms with Crippen molar-refractivity contribution in [1.29, 1.82) is 0 Å². The van der Waals surface area contributed by atoms with Crippen molar-refractivity contribution in [2.45, 2.75) is 32.6 Å². The average Bonchev–Trinajstić information content (AvgIpc) is 3.22. The summed E-state index contributed by atoms with van der Waals surface area (Å²) in [5.74, 6) is 0.116. The number of fused-ring (bicyclic) bond motifs is 2. The second-order valence-electron chi connectivity index (χ2n) is 8.83. The second kappa shape index (κ2) is 13.2. The summed E-state index contributed by atoms with van der Waals surface area (Å²) in [7, 11) is 2.12. The van der Waals surface area contributed by atoms with Gasteiger partial charge in [0.25, 0.3) is 5.01 Å². The maximum Gasteiger partial charge on any atom is 0.262 e. The zero-order chi connectivity index (χ0) is 25.2. The minimum absolute atomic E-state index is 0.116. The first kappa shape index (κ1) is 25.9. The van der Waals surface area contributed by atoms with Gasteiger partial charge in [-0.25, -0.2) is 0 Å². The summed E-state index contributed by atoms with van der Waals surface area (Å²) in [6.07, 6.45) is 14.5. The zero-order valence-electron chi connectivity index (χ0n) is 21.3. The number of carbonyl (C=O) groups excluding carboxylic acids is 1. The number of para-hydroxylation sites is 2. The van der Waals surface area contributed by atoms with Crippen molar-refractivity contribution in [2.24, 2.45) is 7.05 Å². The first-order valence-corrected chi connectivity index (χ1v) is 13.6. The number of carbonyl (C=O) groups is 1. The van der Waals surface area contributed by atoms with Crippen LogP contribution < -0.4 is 14.8 Å². The highest BCUT2D eigenvalue weighted by Crippen LogP contribution is 2.33. The summed E-state index contributed by atoms with van der Waals surface area (Å²) in [6, 6.07) is 17.1. The fourth-order valence-corrected chi connectivity index (χ4v) is 5.45. The first-order valence-electron chi connectivity index (χ1n) is 12.8. The molecule has 0 saturated heterocycles. The molecule has 0 fully saturated rings. The van der Waals surface area contributed by atoms with Crippen LogP contribution in [-0.2, 0) is 16.6 Å². The smallest absolute Gasteiger partial charge is 0.262 e. The van der Waals surface area contributed by atoms with Crippen LogP contribution in [0.5, 0.6) is 0 Å². The van der Waals surface area contributed by atoms with Crippen molar-refractivity contribution in [1.82, 2.24) is 5.32 Å². The average molecular weight is 503 g/mol. The molecule has 188 valence electrons. The Morgan fingerprint density at radius 2 is 1.94 bits per heavy atom. The number of anilines is 1. The van der Waals surface area contributed by atoms with Crippen LogP contribution in [0.15, 0.2) is 73.0 Å². The third kappa shape index (κ3) is 6.71. The number of allylic oxidation sites excluding steroid dienone is 4. The van der Waals surface area contributed by atoms with E-state index < -0.39 is 0 Å². The van der Waals surface area contributed by atoms with Crippen LogP contribution in [0.3, 0.4) is 0 Å². The molecule has 1 aromatic heterocycles. The molecule has 0 unspecified atom stereocenters. The van der Waals surface area contributed by atoms with E-state index in [1.807, 2.05) is 6.92 Å². The van der Waals surface area contributed by atoms with E-state index in [2.05, 4.69) is 101 Å². The van der Waals surface area contributed by atoms with Gasteiger partial charge in [0.2, 0.25) is 11.4 Å². The van der Waals surface area contributed by atoms with Crippen molar-refractivity contribution in [3.8, 4) is 0 Å². The molecule has 0 aliphatic carbocycles. The van der Waals surface area contributed by atoms with Crippen molar-refractivity contribution >= 4 is 44.8 Å². The molecule has 1 amide bonds. The fourth-order valence-electron chi connectivity index (χ4n) is 4.39. The molecular weight excluding hydrogens is 466 g/mol. The van der Waals surface area contributed by atoms with Crippen molar-refractivity contribution in [3.05, 3.63) is 83.5 Å². The minimum Gasteiger partial charge on any atom is -0.380 e. The lowest BCUT2D eigenvalue weighted by molar-refractivity contribution is -0.642. The van der Waals surface area contributed by atoms with Gasteiger partial charge in [-0.05, 0) is 43.5 Å². The monoisotopic (exact) mass is 502 g/mol. The lowest BCUT2D eigenvalue weighted by Crippen LogP contribution is -2.28. The molecule has 1 aliphatic rings. The van der Waals surface area contributed by atoms with Crippen molar-refractivity contribution < 1.29 is 14.1 Å². The van der Waals surface area contributed by atoms with Gasteiger partial charge in [0, 0.05) is 55.7 Å². The van der Waals surface area contributed by atoms with Gasteiger partial charge in [0.05, 0.1) is 6.61 Å². The summed E-state index contributed by atoms with van der Waals surface area (Å²) in [6.45, 7) is 4.76. The lowest BCUT2D eigenvalue weighted by atomic mass is 9.99. The standard InChI is InChI=1S/C30H35N3O2S/c1-3-35-23-20-31-29(34)17-5-4-10-21-33-22-19-24(25-13-6-7-14-26(25)33)12-11-18-30-32(2)27-15-8-9-16-28(27)36-30/h6-9,11-16,18-19,22H,3-5,10,17,20-21,23H2,1-2H3/p+1. The summed E-state index contributed by atoms with van der Waals surface area (Å²) in [5.41, 5.74) is 4.96. The molecule has 0 atom stereocenters. The van der Waals surface area contributed by atoms with E-state index in [1.165, 1.54) is 32.0 Å². The van der Waals surface area contributed by atoms with Crippen LogP contribution in [-0.4, -0.2) is 32.2 Å². The normalized spacial score (nSPS) is 14.2. The van der Waals surface area contributed by atoms with E-state index in [0.29, 0.717) is 26.2 Å². The molecule has 4 rings (SSSR count). The van der Waals surface area contributed by atoms with E-state index in [-0.39, 0.29) is 5.91 Å². The second-order valence-corrected chi connectivity index (χ2v) is 9.89. The molecular formula is C30H36N3O2S+. The topological polar surface area (TPSA) is 45.5 Å². The summed E-state index contributed by atoms with van der Waals surface area (Å²) < 4.78 is 8.79. The third-order valence-electron chi connectivity index (χ3n) is 6.32. The number of unbranched alkanes of at least 4 members (excludes halogenated alkanes) is 2. The summed E-state index contributed by atoms with van der Waals surface area (Å²) in [5, 5.41) is 4.14. The number of benzene rings is 2. The van der Waals surface area contributed by atoms with Crippen LogP contribution in [0.1, 0.15) is 43.2 Å². The lowest BCUT2D eigenvalue weighted by Gasteiger charge is -2.27. The van der Waals surface area contributed by atoms with Crippen molar-refractivity contribution in [3.63, 3.8) is 0 Å². The number of thiazole rings is 1. The number of nitrogens with one attached hydrogen (secondary N) is 1. The molecule has 6 heteroatoms. The predicted octanol–water partition coefficient (Wildman–Crippen LogP) is 5.87. The van der Waals surface area contributed by atoms with Gasteiger partial charge >= 0.3 is 0 Å². The number of aryl methyl sites for hydroxylation is 1. The number of ether oxygens (including phenoxy) is 1. The molecule has 0 radical (unpaired) electrons. The van der Waals surface area contributed by atoms with Crippen molar-refractivity contribution in [2.75, 3.05) is 31.2 Å². The largest absolute Gasteiger partial charge is 0.380 e. The molecule has 3 aromatic rings. The number of hydrogen-bond donors (Lipinski definition) is 1. The van der Waals surface area contributed by atoms with Gasteiger partial charge in [0.1, 0.15) is 11.7 Å². The van der Waals surface area contributed by atoms with Gasteiger partial charge in [-0.1, -0.05) is 60.2 Å². The fraction of sp³-hybridized carbons (Fsp3) is 0.333. The molecule has 2 heterocycles. The van der Waals surface area contributed by atoms with Crippen LogP contribution in [0, 0.1) is 0 Å². The quantitative estimate of drug-likeness (QED) is 0.249. The Bertz CT molecular complexity index is 1260. The molecule has 2 aromatic carbocycles. The molecule has 0 bridgehead atoms. The number of amides is 1. The van der Waals surface area contributed by atoms with Crippen LogP contribution in [0.25, 0.3) is 21.9 Å². The van der Waals surface area contributed by atoms with E-state index in [1.54, 1.807) is 11.3 Å². The Kier molecular flexibility index (Phi) is 9.47. The first-order chi connectivity index (χ1) is 17.7. The Morgan fingerprint density at radius 1 is 1.11 bits per heavy atom. The Labute approximate surface area is 218 Å². The summed E-state index contributed by atoms with van der Waals surface area (Å²) in [4.78, 5) is 14.2. The number of nitrogens with zero attached hydrogens (tertiary/aromatic N) is 2. The van der Waals surface area contributed by atoms with E-state index in [9.17, 15) is 4.79 Å². The maximum absolute atomic E-state index is 11.9. The number of rotatable bonds is 12. The molecule has 5 nitrogen and oxygen atoms in total. The number of hydrogen-bond acceptors (Lipinski definition) is 4. The zero-order valence-corrected chi connectivity index (χ0v) is 22.1. The van der Waals surface area contributed by atoms with Crippen LogP contribution in [0.2, 0.25) is 0 Å². The highest BCUT2D eigenvalue weighted by molar-refractivity contribution is 7.18.